The molecule has 2 bridgehead atoms. The normalized spacial score (nSPS) is 29.8. The monoisotopic (exact) mass is 321 g/mol. The molecule has 4 heterocycles. The Morgan fingerprint density at radius 2 is 2.05 bits per heavy atom. The van der Waals surface area contributed by atoms with Gasteiger partial charge in [-0.25, -0.2) is 4.52 Å². The van der Waals surface area contributed by atoms with Crippen molar-refractivity contribution in [1.29, 1.82) is 0 Å². The molecule has 2 N–H and O–H groups in total. The first-order chi connectivity index (χ1) is 9.26. The van der Waals surface area contributed by atoms with E-state index in [1.54, 1.807) is 0 Å². The fourth-order valence-corrected chi connectivity index (χ4v) is 3.60. The highest BCUT2D eigenvalue weighted by molar-refractivity contribution is 9.10. The Bertz CT molecular complexity index is 598. The topological polar surface area (TPSA) is 54.2 Å². The quantitative estimate of drug-likeness (QED) is 0.890. The third kappa shape index (κ3) is 2.23. The van der Waals surface area contributed by atoms with Crippen LogP contribution in [0, 0.1) is 0 Å². The van der Waals surface area contributed by atoms with E-state index in [2.05, 4.69) is 36.6 Å². The summed E-state index contributed by atoms with van der Waals surface area (Å²) in [4.78, 5) is 4.52. The van der Waals surface area contributed by atoms with E-state index in [1.165, 1.54) is 25.7 Å². The van der Waals surface area contributed by atoms with Crippen molar-refractivity contribution in [2.45, 2.75) is 43.8 Å². The highest BCUT2D eigenvalue weighted by Crippen LogP contribution is 2.28. The molecule has 2 aromatic heterocycles. The Labute approximate surface area is 119 Å². The molecule has 0 amide bonds. The average molecular weight is 322 g/mol. The van der Waals surface area contributed by atoms with Crippen LogP contribution in [0.1, 0.15) is 25.7 Å². The SMILES string of the molecule is Brc1ccc2nc(NC3CC4CCC(C3)N4)nn2c1. The molecule has 0 radical (unpaired) electrons. The number of nitrogens with zero attached hydrogens (tertiary/aromatic N) is 3. The van der Waals surface area contributed by atoms with Crippen LogP contribution >= 0.6 is 15.9 Å². The molecule has 0 aliphatic carbocycles. The summed E-state index contributed by atoms with van der Waals surface area (Å²) in [6.07, 6.45) is 6.91. The minimum atomic E-state index is 0.500. The third-order valence-corrected chi connectivity index (χ3v) is 4.57. The van der Waals surface area contributed by atoms with E-state index in [-0.39, 0.29) is 0 Å². The molecule has 5 nitrogen and oxygen atoms in total. The van der Waals surface area contributed by atoms with Gasteiger partial charge in [0.2, 0.25) is 5.95 Å². The summed E-state index contributed by atoms with van der Waals surface area (Å²) in [7, 11) is 0. The first-order valence-electron chi connectivity index (χ1n) is 6.81. The Morgan fingerprint density at radius 3 is 2.84 bits per heavy atom. The van der Waals surface area contributed by atoms with E-state index in [0.29, 0.717) is 18.1 Å². The maximum atomic E-state index is 4.52. The molecule has 6 heteroatoms. The molecule has 2 atom stereocenters. The summed E-state index contributed by atoms with van der Waals surface area (Å²) in [5, 5.41) is 11.6. The van der Waals surface area contributed by atoms with Crippen molar-refractivity contribution >= 4 is 27.5 Å². The van der Waals surface area contributed by atoms with Gasteiger partial charge >= 0.3 is 0 Å². The summed E-state index contributed by atoms with van der Waals surface area (Å²) in [6.45, 7) is 0. The number of halogens is 1. The predicted molar refractivity (Wildman–Crippen MR) is 77.3 cm³/mol. The molecule has 100 valence electrons. The van der Waals surface area contributed by atoms with E-state index in [9.17, 15) is 0 Å². The second-order valence-electron chi connectivity index (χ2n) is 5.54. The van der Waals surface area contributed by atoms with Crippen LogP contribution in [-0.4, -0.2) is 32.7 Å². The summed E-state index contributed by atoms with van der Waals surface area (Å²) >= 11 is 3.45. The van der Waals surface area contributed by atoms with Crippen LogP contribution < -0.4 is 10.6 Å². The van der Waals surface area contributed by atoms with Gasteiger partial charge in [-0.15, -0.1) is 5.10 Å². The molecule has 0 spiro atoms. The van der Waals surface area contributed by atoms with E-state index < -0.39 is 0 Å². The van der Waals surface area contributed by atoms with Gasteiger partial charge in [0.05, 0.1) is 0 Å². The maximum absolute atomic E-state index is 4.52. The van der Waals surface area contributed by atoms with Gasteiger partial charge in [-0.2, -0.15) is 4.98 Å². The van der Waals surface area contributed by atoms with E-state index >= 15 is 0 Å². The molecule has 0 aromatic carbocycles. The van der Waals surface area contributed by atoms with Crippen LogP contribution in [-0.2, 0) is 0 Å². The third-order valence-electron chi connectivity index (χ3n) is 4.10. The standard InChI is InChI=1S/C13H16BrN5/c14-8-1-4-12-17-13(18-19(12)7-8)16-11-5-9-2-3-10(6-11)15-9/h1,4,7,9-11,15H,2-3,5-6H2,(H,16,18). The van der Waals surface area contributed by atoms with Crippen molar-refractivity contribution in [1.82, 2.24) is 19.9 Å². The summed E-state index contributed by atoms with van der Waals surface area (Å²) in [5.74, 6) is 0.740. The number of hydrogen-bond donors (Lipinski definition) is 2. The van der Waals surface area contributed by atoms with Crippen molar-refractivity contribution in [3.05, 3.63) is 22.8 Å². The molecule has 2 aliphatic heterocycles. The number of fused-ring (bicyclic) bond motifs is 3. The Hall–Kier alpha value is -1.14. The summed E-state index contributed by atoms with van der Waals surface area (Å²) in [5.41, 5.74) is 0.877. The molecule has 0 saturated carbocycles. The Balaban J connectivity index is 1.54. The molecule has 19 heavy (non-hydrogen) atoms. The van der Waals surface area contributed by atoms with Crippen LogP contribution in [0.4, 0.5) is 5.95 Å². The van der Waals surface area contributed by atoms with Crippen molar-refractivity contribution in [3.8, 4) is 0 Å². The van der Waals surface area contributed by atoms with E-state index in [4.69, 9.17) is 0 Å². The van der Waals surface area contributed by atoms with Gasteiger partial charge in [0.25, 0.3) is 0 Å². The van der Waals surface area contributed by atoms with Gasteiger partial charge in [0, 0.05) is 28.8 Å². The molecule has 4 rings (SSSR count). The lowest BCUT2D eigenvalue weighted by Gasteiger charge is -2.29. The van der Waals surface area contributed by atoms with E-state index in [0.717, 1.165) is 16.1 Å². The van der Waals surface area contributed by atoms with Crippen molar-refractivity contribution < 1.29 is 0 Å². The number of piperidine rings is 1. The first kappa shape index (κ1) is 11.7. The number of anilines is 1. The zero-order valence-electron chi connectivity index (χ0n) is 10.5. The second kappa shape index (κ2) is 4.45. The largest absolute Gasteiger partial charge is 0.350 e. The molecule has 2 unspecified atom stereocenters. The van der Waals surface area contributed by atoms with Crippen LogP contribution in [0.25, 0.3) is 5.65 Å². The van der Waals surface area contributed by atoms with Gasteiger partial charge in [-0.3, -0.25) is 0 Å². The summed E-state index contributed by atoms with van der Waals surface area (Å²) < 4.78 is 2.82. The van der Waals surface area contributed by atoms with Gasteiger partial charge in [0.15, 0.2) is 5.65 Å². The number of aromatic nitrogens is 3. The van der Waals surface area contributed by atoms with Gasteiger partial charge < -0.3 is 10.6 Å². The van der Waals surface area contributed by atoms with Crippen molar-refractivity contribution in [3.63, 3.8) is 0 Å². The maximum Gasteiger partial charge on any atom is 0.243 e. The minimum Gasteiger partial charge on any atom is -0.350 e. The zero-order valence-corrected chi connectivity index (χ0v) is 12.1. The first-order valence-corrected chi connectivity index (χ1v) is 7.60. The van der Waals surface area contributed by atoms with Gasteiger partial charge in [0.1, 0.15) is 0 Å². The highest BCUT2D eigenvalue weighted by Gasteiger charge is 2.33. The van der Waals surface area contributed by atoms with E-state index in [1.807, 2.05) is 22.8 Å². The van der Waals surface area contributed by atoms with Gasteiger partial charge in [-0.05, 0) is 53.7 Å². The number of pyridine rings is 1. The van der Waals surface area contributed by atoms with Crippen molar-refractivity contribution in [2.75, 3.05) is 5.32 Å². The molecule has 2 fully saturated rings. The predicted octanol–water partition coefficient (Wildman–Crippen LogP) is 2.19. The highest BCUT2D eigenvalue weighted by atomic mass is 79.9. The number of hydrogen-bond acceptors (Lipinski definition) is 4. The smallest absolute Gasteiger partial charge is 0.243 e. The van der Waals surface area contributed by atoms with Gasteiger partial charge in [-0.1, -0.05) is 0 Å². The second-order valence-corrected chi connectivity index (χ2v) is 6.45. The van der Waals surface area contributed by atoms with Crippen LogP contribution in [0.5, 0.6) is 0 Å². The average Bonchev–Trinajstić information content (AvgIpc) is 2.92. The van der Waals surface area contributed by atoms with Crippen LogP contribution in [0.3, 0.4) is 0 Å². The lowest BCUT2D eigenvalue weighted by Crippen LogP contribution is -2.43. The molecule has 2 aliphatic rings. The van der Waals surface area contributed by atoms with Crippen molar-refractivity contribution in [2.24, 2.45) is 0 Å². The molecule has 2 saturated heterocycles. The zero-order chi connectivity index (χ0) is 12.8. The molecule has 2 aromatic rings. The summed E-state index contributed by atoms with van der Waals surface area (Å²) in [6, 6.07) is 5.82. The number of rotatable bonds is 2. The lowest BCUT2D eigenvalue weighted by atomic mass is 10.0. The van der Waals surface area contributed by atoms with Crippen LogP contribution in [0.15, 0.2) is 22.8 Å². The molecular weight excluding hydrogens is 306 g/mol. The Kier molecular flexibility index (Phi) is 2.73. The number of nitrogens with one attached hydrogen (secondary N) is 2. The Morgan fingerprint density at radius 1 is 1.26 bits per heavy atom. The lowest BCUT2D eigenvalue weighted by molar-refractivity contribution is 0.377. The minimum absolute atomic E-state index is 0.500. The fourth-order valence-electron chi connectivity index (χ4n) is 3.28. The van der Waals surface area contributed by atoms with Crippen LogP contribution in [0.2, 0.25) is 0 Å². The fraction of sp³-hybridized carbons (Fsp3) is 0.538. The molecular formula is C13H16BrN5.